The molecule has 6 nitrogen and oxygen atoms in total. The Morgan fingerprint density at radius 2 is 1.50 bits per heavy atom. The summed E-state index contributed by atoms with van der Waals surface area (Å²) in [6.45, 7) is 0.939. The molecule has 0 bridgehead atoms. The zero-order valence-corrected chi connectivity index (χ0v) is 16.4. The van der Waals surface area contributed by atoms with Crippen LogP contribution >= 0.6 is 0 Å². The third kappa shape index (κ3) is 5.19. The van der Waals surface area contributed by atoms with Gasteiger partial charge in [0.2, 0.25) is 11.8 Å². The molecule has 1 aliphatic heterocycles. The Morgan fingerprint density at radius 1 is 0.929 bits per heavy atom. The van der Waals surface area contributed by atoms with Gasteiger partial charge in [-0.25, -0.2) is 8.42 Å². The Labute approximate surface area is 165 Å². The van der Waals surface area contributed by atoms with Gasteiger partial charge in [-0.15, -0.1) is 0 Å². The SMILES string of the molecule is O=C(Nc1ccccc1)C1CCN(C(=O)CCS(=O)(=O)c2ccccc2)CC1. The van der Waals surface area contributed by atoms with Gasteiger partial charge in [-0.2, -0.15) is 0 Å². The minimum Gasteiger partial charge on any atom is -0.343 e. The average molecular weight is 401 g/mol. The first kappa shape index (κ1) is 20.1. The summed E-state index contributed by atoms with van der Waals surface area (Å²) in [5.74, 6) is -0.562. The molecular formula is C21H24N2O4S. The Kier molecular flexibility index (Phi) is 6.46. The standard InChI is InChI=1S/C21H24N2O4S/c24-20(13-16-28(26,27)19-9-5-2-6-10-19)23-14-11-17(12-15-23)21(25)22-18-7-3-1-4-8-18/h1-10,17H,11-16H2,(H,22,25). The lowest BCUT2D eigenvalue weighted by atomic mass is 9.95. The van der Waals surface area contributed by atoms with Crippen molar-refractivity contribution in [1.82, 2.24) is 4.90 Å². The number of likely N-dealkylation sites (tertiary alicyclic amines) is 1. The van der Waals surface area contributed by atoms with Crippen LogP contribution in [0.2, 0.25) is 0 Å². The average Bonchev–Trinajstić information content (AvgIpc) is 2.73. The number of anilines is 1. The lowest BCUT2D eigenvalue weighted by molar-refractivity contribution is -0.134. The fourth-order valence-electron chi connectivity index (χ4n) is 3.28. The van der Waals surface area contributed by atoms with Crippen LogP contribution in [0.15, 0.2) is 65.6 Å². The van der Waals surface area contributed by atoms with E-state index >= 15 is 0 Å². The number of nitrogens with one attached hydrogen (secondary N) is 1. The molecule has 0 aromatic heterocycles. The zero-order valence-electron chi connectivity index (χ0n) is 15.6. The van der Waals surface area contributed by atoms with Gasteiger partial charge in [0.1, 0.15) is 0 Å². The van der Waals surface area contributed by atoms with Gasteiger partial charge in [-0.3, -0.25) is 9.59 Å². The van der Waals surface area contributed by atoms with Crippen LogP contribution in [-0.2, 0) is 19.4 Å². The van der Waals surface area contributed by atoms with E-state index in [-0.39, 0.29) is 34.8 Å². The van der Waals surface area contributed by atoms with Gasteiger partial charge in [0.15, 0.2) is 9.84 Å². The summed E-state index contributed by atoms with van der Waals surface area (Å²) < 4.78 is 24.6. The smallest absolute Gasteiger partial charge is 0.227 e. The topological polar surface area (TPSA) is 83.6 Å². The first-order chi connectivity index (χ1) is 13.5. The second kappa shape index (κ2) is 9.01. The van der Waals surface area contributed by atoms with Crippen molar-refractivity contribution in [2.45, 2.75) is 24.2 Å². The summed E-state index contributed by atoms with van der Waals surface area (Å²) >= 11 is 0. The van der Waals surface area contributed by atoms with Crippen molar-refractivity contribution in [3.63, 3.8) is 0 Å². The molecular weight excluding hydrogens is 376 g/mol. The lowest BCUT2D eigenvalue weighted by Gasteiger charge is -2.31. The zero-order chi connectivity index (χ0) is 20.0. The van der Waals surface area contributed by atoms with E-state index in [1.165, 1.54) is 12.1 Å². The molecule has 0 unspecified atom stereocenters. The maximum atomic E-state index is 12.4. The molecule has 7 heteroatoms. The maximum absolute atomic E-state index is 12.4. The van der Waals surface area contributed by atoms with Crippen LogP contribution in [0.3, 0.4) is 0 Å². The van der Waals surface area contributed by atoms with Crippen LogP contribution in [0.4, 0.5) is 5.69 Å². The summed E-state index contributed by atoms with van der Waals surface area (Å²) in [6.07, 6.45) is 1.11. The molecule has 0 radical (unpaired) electrons. The first-order valence-electron chi connectivity index (χ1n) is 9.37. The number of amides is 2. The van der Waals surface area contributed by atoms with Crippen LogP contribution in [0, 0.1) is 5.92 Å². The highest BCUT2D eigenvalue weighted by atomic mass is 32.2. The van der Waals surface area contributed by atoms with Crippen molar-refractivity contribution in [2.75, 3.05) is 24.2 Å². The van der Waals surface area contributed by atoms with Gasteiger partial charge < -0.3 is 10.2 Å². The molecule has 2 aromatic carbocycles. The summed E-state index contributed by atoms with van der Waals surface area (Å²) in [5.41, 5.74) is 0.761. The number of piperidine rings is 1. The number of sulfone groups is 1. The third-order valence-corrected chi connectivity index (χ3v) is 6.68. The van der Waals surface area contributed by atoms with Crippen LogP contribution in [0.5, 0.6) is 0 Å². The van der Waals surface area contributed by atoms with Crippen LogP contribution in [-0.4, -0.2) is 44.0 Å². The van der Waals surface area contributed by atoms with Crippen LogP contribution in [0.25, 0.3) is 0 Å². The molecule has 1 aliphatic rings. The minimum atomic E-state index is -3.46. The second-order valence-electron chi connectivity index (χ2n) is 6.89. The van der Waals surface area contributed by atoms with Gasteiger partial charge in [0.05, 0.1) is 10.6 Å². The molecule has 1 saturated heterocycles. The summed E-state index contributed by atoms with van der Waals surface area (Å²) in [7, 11) is -3.46. The lowest BCUT2D eigenvalue weighted by Crippen LogP contribution is -2.41. The predicted octanol–water partition coefficient (Wildman–Crippen LogP) is 2.73. The molecule has 0 atom stereocenters. The van der Waals surface area contributed by atoms with Crippen molar-refractivity contribution in [2.24, 2.45) is 5.92 Å². The monoisotopic (exact) mass is 400 g/mol. The maximum Gasteiger partial charge on any atom is 0.227 e. The molecule has 3 rings (SSSR count). The highest BCUT2D eigenvalue weighted by molar-refractivity contribution is 7.91. The molecule has 1 fully saturated rings. The molecule has 2 amide bonds. The minimum absolute atomic E-state index is 0.0371. The molecule has 0 saturated carbocycles. The van der Waals surface area contributed by atoms with Gasteiger partial charge in [-0.05, 0) is 37.1 Å². The van der Waals surface area contributed by atoms with E-state index in [1.54, 1.807) is 23.1 Å². The van der Waals surface area contributed by atoms with Crippen molar-refractivity contribution < 1.29 is 18.0 Å². The number of hydrogen-bond acceptors (Lipinski definition) is 4. The number of para-hydroxylation sites is 1. The molecule has 2 aromatic rings. The number of benzene rings is 2. The molecule has 148 valence electrons. The number of nitrogens with zero attached hydrogens (tertiary/aromatic N) is 1. The van der Waals surface area contributed by atoms with Crippen molar-refractivity contribution >= 4 is 27.3 Å². The first-order valence-corrected chi connectivity index (χ1v) is 11.0. The number of carbonyl (C=O) groups excluding carboxylic acids is 2. The van der Waals surface area contributed by atoms with Crippen LogP contribution in [0.1, 0.15) is 19.3 Å². The van der Waals surface area contributed by atoms with Crippen molar-refractivity contribution in [1.29, 1.82) is 0 Å². The fraction of sp³-hybridized carbons (Fsp3) is 0.333. The predicted molar refractivity (Wildman–Crippen MR) is 107 cm³/mol. The van der Waals surface area contributed by atoms with E-state index in [4.69, 9.17) is 0 Å². The summed E-state index contributed by atoms with van der Waals surface area (Å²) in [5, 5.41) is 2.90. The number of rotatable bonds is 6. The van der Waals surface area contributed by atoms with Gasteiger partial charge >= 0.3 is 0 Å². The normalized spacial score (nSPS) is 15.2. The Hall–Kier alpha value is -2.67. The summed E-state index contributed by atoms with van der Waals surface area (Å²) in [6, 6.07) is 17.4. The Bertz CT molecular complexity index is 906. The Morgan fingerprint density at radius 3 is 2.11 bits per heavy atom. The second-order valence-corrected chi connectivity index (χ2v) is 9.00. The fourth-order valence-corrected chi connectivity index (χ4v) is 4.53. The van der Waals surface area contributed by atoms with E-state index in [1.807, 2.05) is 30.3 Å². The van der Waals surface area contributed by atoms with E-state index in [9.17, 15) is 18.0 Å². The molecule has 0 aliphatic carbocycles. The van der Waals surface area contributed by atoms with E-state index < -0.39 is 9.84 Å². The molecule has 1 heterocycles. The van der Waals surface area contributed by atoms with Gasteiger partial charge in [0.25, 0.3) is 0 Å². The van der Waals surface area contributed by atoms with Gasteiger partial charge in [0, 0.05) is 31.1 Å². The van der Waals surface area contributed by atoms with E-state index in [2.05, 4.69) is 5.32 Å². The highest BCUT2D eigenvalue weighted by Crippen LogP contribution is 2.20. The number of hydrogen-bond donors (Lipinski definition) is 1. The quantitative estimate of drug-likeness (QED) is 0.808. The highest BCUT2D eigenvalue weighted by Gasteiger charge is 2.28. The van der Waals surface area contributed by atoms with Crippen LogP contribution < -0.4 is 5.32 Å². The summed E-state index contributed by atoms with van der Waals surface area (Å²) in [4.78, 5) is 26.7. The number of carbonyl (C=O) groups is 2. The largest absolute Gasteiger partial charge is 0.343 e. The van der Waals surface area contributed by atoms with E-state index in [0.717, 1.165) is 5.69 Å². The third-order valence-electron chi connectivity index (χ3n) is 4.95. The molecule has 1 N–H and O–H groups in total. The molecule has 0 spiro atoms. The van der Waals surface area contributed by atoms with E-state index in [0.29, 0.717) is 25.9 Å². The van der Waals surface area contributed by atoms with Gasteiger partial charge in [-0.1, -0.05) is 36.4 Å². The molecule has 28 heavy (non-hydrogen) atoms. The van der Waals surface area contributed by atoms with Crippen molar-refractivity contribution in [3.05, 3.63) is 60.7 Å². The van der Waals surface area contributed by atoms with Crippen molar-refractivity contribution in [3.8, 4) is 0 Å². The Balaban J connectivity index is 1.47.